The normalized spacial score (nSPS) is 18.0. The average molecular weight is 351 g/mol. The molecule has 0 spiro atoms. The van der Waals surface area contributed by atoms with Crippen LogP contribution in [-0.4, -0.2) is 30.1 Å². The maximum Gasteiger partial charge on any atom is 0.252 e. The van der Waals surface area contributed by atoms with Gasteiger partial charge in [0.05, 0.1) is 11.7 Å². The van der Waals surface area contributed by atoms with E-state index in [2.05, 4.69) is 26.2 Å². The zero-order valence-corrected chi connectivity index (χ0v) is 12.9. The highest BCUT2D eigenvalue weighted by Gasteiger charge is 2.18. The molecule has 110 valence electrons. The van der Waals surface area contributed by atoms with E-state index in [0.29, 0.717) is 23.0 Å². The van der Waals surface area contributed by atoms with Gasteiger partial charge in [-0.2, -0.15) is 0 Å². The number of benzene rings is 1. The number of aromatic amines is 1. The van der Waals surface area contributed by atoms with Gasteiger partial charge in [-0.05, 0) is 31.0 Å². The molecule has 2 aromatic rings. The van der Waals surface area contributed by atoms with Crippen LogP contribution in [0.25, 0.3) is 10.9 Å². The number of carbonyl (C=O) groups is 1. The van der Waals surface area contributed by atoms with Crippen LogP contribution in [0.5, 0.6) is 0 Å². The number of pyridine rings is 1. The van der Waals surface area contributed by atoms with Crippen LogP contribution >= 0.6 is 15.9 Å². The molecule has 1 aliphatic rings. The maximum atomic E-state index is 12.3. The second kappa shape index (κ2) is 5.99. The smallest absolute Gasteiger partial charge is 0.252 e. The van der Waals surface area contributed by atoms with Crippen LogP contribution in [0.15, 0.2) is 33.5 Å². The molecule has 0 aliphatic carbocycles. The van der Waals surface area contributed by atoms with E-state index in [1.54, 1.807) is 6.07 Å². The van der Waals surface area contributed by atoms with E-state index in [9.17, 15) is 9.59 Å². The van der Waals surface area contributed by atoms with Crippen LogP contribution in [0.3, 0.4) is 0 Å². The Hall–Kier alpha value is -1.66. The average Bonchev–Trinajstić information content (AvgIpc) is 2.97. The molecule has 21 heavy (non-hydrogen) atoms. The third kappa shape index (κ3) is 3.16. The van der Waals surface area contributed by atoms with Crippen molar-refractivity contribution in [2.45, 2.75) is 18.9 Å². The van der Waals surface area contributed by atoms with Crippen molar-refractivity contribution in [2.24, 2.45) is 0 Å². The van der Waals surface area contributed by atoms with E-state index in [-0.39, 0.29) is 17.6 Å². The van der Waals surface area contributed by atoms with Crippen molar-refractivity contribution in [3.8, 4) is 0 Å². The predicted octanol–water partition coefficient (Wildman–Crippen LogP) is 2.20. The molecule has 1 aromatic carbocycles. The largest absolute Gasteiger partial charge is 0.376 e. The lowest BCUT2D eigenvalue weighted by molar-refractivity contribution is 0.0859. The van der Waals surface area contributed by atoms with E-state index < -0.39 is 0 Å². The molecule has 1 unspecified atom stereocenters. The molecule has 2 heterocycles. The van der Waals surface area contributed by atoms with Crippen LogP contribution in [0, 0.1) is 0 Å². The first-order valence-electron chi connectivity index (χ1n) is 6.86. The van der Waals surface area contributed by atoms with Crippen molar-refractivity contribution < 1.29 is 9.53 Å². The van der Waals surface area contributed by atoms with Crippen molar-refractivity contribution >= 4 is 32.7 Å². The fourth-order valence-corrected chi connectivity index (χ4v) is 2.88. The number of ether oxygens (including phenoxy) is 1. The first kappa shape index (κ1) is 14.3. The number of halogens is 1. The summed E-state index contributed by atoms with van der Waals surface area (Å²) in [5, 5.41) is 3.56. The number of carbonyl (C=O) groups excluding carboxylic acids is 1. The van der Waals surface area contributed by atoms with Crippen molar-refractivity contribution in [1.29, 1.82) is 0 Å². The summed E-state index contributed by atoms with van der Waals surface area (Å²) in [4.78, 5) is 26.8. The Bertz CT molecular complexity index is 735. The highest BCUT2D eigenvalue weighted by Crippen LogP contribution is 2.20. The van der Waals surface area contributed by atoms with Gasteiger partial charge in [0.1, 0.15) is 0 Å². The van der Waals surface area contributed by atoms with Crippen LogP contribution in [0.1, 0.15) is 23.2 Å². The summed E-state index contributed by atoms with van der Waals surface area (Å²) in [6.45, 7) is 1.22. The Morgan fingerprint density at radius 3 is 3.05 bits per heavy atom. The molecule has 1 aliphatic heterocycles. The third-order valence-corrected chi connectivity index (χ3v) is 4.06. The quantitative estimate of drug-likeness (QED) is 0.891. The van der Waals surface area contributed by atoms with Gasteiger partial charge >= 0.3 is 0 Å². The SMILES string of the molecule is O=C(NCC1CCCO1)c1cc(=O)[nH]c2ccc(Br)cc12. The third-order valence-electron chi connectivity index (χ3n) is 3.56. The van der Waals surface area contributed by atoms with Crippen LogP contribution in [0.2, 0.25) is 0 Å². The van der Waals surface area contributed by atoms with Crippen LogP contribution in [0.4, 0.5) is 0 Å². The number of hydrogen-bond acceptors (Lipinski definition) is 3. The van der Waals surface area contributed by atoms with Gasteiger partial charge in [-0.1, -0.05) is 15.9 Å². The van der Waals surface area contributed by atoms with E-state index in [1.165, 1.54) is 6.07 Å². The number of fused-ring (bicyclic) bond motifs is 1. The molecular formula is C15H15BrN2O3. The minimum absolute atomic E-state index is 0.0777. The van der Waals surface area contributed by atoms with Gasteiger partial charge in [0.2, 0.25) is 5.56 Å². The van der Waals surface area contributed by atoms with E-state index in [4.69, 9.17) is 4.74 Å². The van der Waals surface area contributed by atoms with Gasteiger partial charge in [0, 0.05) is 34.6 Å². The fraction of sp³-hybridized carbons (Fsp3) is 0.333. The maximum absolute atomic E-state index is 12.3. The number of hydrogen-bond donors (Lipinski definition) is 2. The second-order valence-corrected chi connectivity index (χ2v) is 6.00. The number of nitrogens with one attached hydrogen (secondary N) is 2. The van der Waals surface area contributed by atoms with Gasteiger partial charge in [0.25, 0.3) is 5.91 Å². The molecule has 2 N–H and O–H groups in total. The highest BCUT2D eigenvalue weighted by molar-refractivity contribution is 9.10. The van der Waals surface area contributed by atoms with Gasteiger partial charge in [-0.3, -0.25) is 9.59 Å². The monoisotopic (exact) mass is 350 g/mol. The molecule has 1 aromatic heterocycles. The second-order valence-electron chi connectivity index (χ2n) is 5.08. The summed E-state index contributed by atoms with van der Waals surface area (Å²) in [6, 6.07) is 6.76. The molecule has 0 radical (unpaired) electrons. The number of H-pyrrole nitrogens is 1. The summed E-state index contributed by atoms with van der Waals surface area (Å²) in [6.07, 6.45) is 2.07. The Balaban J connectivity index is 1.89. The standard InChI is InChI=1S/C15H15BrN2O3/c16-9-3-4-13-11(6-9)12(7-14(19)18-13)15(20)17-8-10-2-1-5-21-10/h3-4,6-7,10H,1-2,5,8H2,(H,17,20)(H,18,19). The Kier molecular flexibility index (Phi) is 4.07. The van der Waals surface area contributed by atoms with E-state index >= 15 is 0 Å². The Labute approximate surface area is 129 Å². The van der Waals surface area contributed by atoms with Crippen molar-refractivity contribution in [3.63, 3.8) is 0 Å². The van der Waals surface area contributed by atoms with Crippen LogP contribution < -0.4 is 10.9 Å². The topological polar surface area (TPSA) is 71.2 Å². The summed E-state index contributed by atoms with van der Waals surface area (Å²) in [5.41, 5.74) is 0.744. The minimum Gasteiger partial charge on any atom is -0.376 e. The molecule has 3 rings (SSSR count). The van der Waals surface area contributed by atoms with Crippen molar-refractivity contribution in [3.05, 3.63) is 44.7 Å². The summed E-state index contributed by atoms with van der Waals surface area (Å²) >= 11 is 3.38. The molecule has 5 nitrogen and oxygen atoms in total. The molecule has 0 saturated carbocycles. The minimum atomic E-state index is -0.285. The molecule has 1 atom stereocenters. The molecule has 6 heteroatoms. The number of amides is 1. The lowest BCUT2D eigenvalue weighted by Gasteiger charge is -2.12. The zero-order chi connectivity index (χ0) is 14.8. The number of aromatic nitrogens is 1. The Morgan fingerprint density at radius 2 is 2.29 bits per heavy atom. The molecule has 0 bridgehead atoms. The lowest BCUT2D eigenvalue weighted by Crippen LogP contribution is -2.32. The molecular weight excluding hydrogens is 336 g/mol. The molecule has 1 amide bonds. The van der Waals surface area contributed by atoms with E-state index in [1.807, 2.05) is 12.1 Å². The van der Waals surface area contributed by atoms with Crippen LogP contribution in [-0.2, 0) is 4.74 Å². The Morgan fingerprint density at radius 1 is 1.43 bits per heavy atom. The van der Waals surface area contributed by atoms with Crippen molar-refractivity contribution in [2.75, 3.05) is 13.2 Å². The van der Waals surface area contributed by atoms with Gasteiger partial charge < -0.3 is 15.0 Å². The van der Waals surface area contributed by atoms with E-state index in [0.717, 1.165) is 23.9 Å². The molecule has 1 fully saturated rings. The summed E-state index contributed by atoms with van der Waals surface area (Å²) in [5.74, 6) is -0.250. The predicted molar refractivity (Wildman–Crippen MR) is 83.6 cm³/mol. The molecule has 1 saturated heterocycles. The summed E-state index contributed by atoms with van der Waals surface area (Å²) in [7, 11) is 0. The fourth-order valence-electron chi connectivity index (χ4n) is 2.52. The first-order chi connectivity index (χ1) is 10.1. The van der Waals surface area contributed by atoms with Gasteiger partial charge in [-0.25, -0.2) is 0 Å². The van der Waals surface area contributed by atoms with Gasteiger partial charge in [-0.15, -0.1) is 0 Å². The van der Waals surface area contributed by atoms with Gasteiger partial charge in [0.15, 0.2) is 0 Å². The highest BCUT2D eigenvalue weighted by atomic mass is 79.9. The van der Waals surface area contributed by atoms with Crippen molar-refractivity contribution in [1.82, 2.24) is 10.3 Å². The zero-order valence-electron chi connectivity index (χ0n) is 11.3. The first-order valence-corrected chi connectivity index (χ1v) is 7.65. The lowest BCUT2D eigenvalue weighted by atomic mass is 10.1. The summed E-state index contributed by atoms with van der Waals surface area (Å²) < 4.78 is 6.34. The number of rotatable bonds is 3.